The molecule has 0 radical (unpaired) electrons. The van der Waals surface area contributed by atoms with Gasteiger partial charge in [0.2, 0.25) is 17.7 Å². The van der Waals surface area contributed by atoms with Gasteiger partial charge < -0.3 is 9.73 Å². The number of para-hydroxylation sites is 1. The number of hydrogen-bond acceptors (Lipinski definition) is 5. The number of benzene rings is 2. The van der Waals surface area contributed by atoms with E-state index in [-0.39, 0.29) is 17.9 Å². The summed E-state index contributed by atoms with van der Waals surface area (Å²) in [5.74, 6) is 0.712. The number of rotatable bonds is 7. The predicted molar refractivity (Wildman–Crippen MR) is 117 cm³/mol. The highest BCUT2D eigenvalue weighted by molar-refractivity contribution is 5.91. The molecule has 2 aromatic carbocycles. The van der Waals surface area contributed by atoms with E-state index < -0.39 is 0 Å². The average Bonchev–Trinajstić information content (AvgIpc) is 3.34. The largest absolute Gasteiger partial charge is 0.421 e. The van der Waals surface area contributed by atoms with Gasteiger partial charge in [-0.2, -0.15) is 0 Å². The smallest absolute Gasteiger partial charge is 0.295 e. The Labute approximate surface area is 179 Å². The summed E-state index contributed by atoms with van der Waals surface area (Å²) in [6.45, 7) is 1.81. The van der Waals surface area contributed by atoms with Gasteiger partial charge in [-0.1, -0.05) is 36.4 Å². The van der Waals surface area contributed by atoms with Gasteiger partial charge in [0.25, 0.3) is 5.56 Å². The second-order valence-corrected chi connectivity index (χ2v) is 7.21. The van der Waals surface area contributed by atoms with Crippen molar-refractivity contribution in [1.82, 2.24) is 19.6 Å². The minimum Gasteiger partial charge on any atom is -0.421 e. The molecule has 4 aromatic rings. The zero-order valence-electron chi connectivity index (χ0n) is 17.4. The molecule has 31 heavy (non-hydrogen) atoms. The van der Waals surface area contributed by atoms with Crippen LogP contribution in [-0.4, -0.2) is 25.5 Å². The van der Waals surface area contributed by atoms with Crippen molar-refractivity contribution in [2.75, 3.05) is 5.32 Å². The lowest BCUT2D eigenvalue weighted by Gasteiger charge is -2.07. The van der Waals surface area contributed by atoms with Crippen LogP contribution >= 0.6 is 0 Å². The van der Waals surface area contributed by atoms with Gasteiger partial charge in [-0.15, -0.1) is 10.2 Å². The normalized spacial score (nSPS) is 10.9. The molecule has 0 saturated heterocycles. The molecule has 0 fully saturated rings. The quantitative estimate of drug-likeness (QED) is 0.497. The molecule has 0 saturated carbocycles. The predicted octanol–water partition coefficient (Wildman–Crippen LogP) is 3.50. The molecule has 0 spiro atoms. The van der Waals surface area contributed by atoms with Crippen molar-refractivity contribution >= 4 is 11.6 Å². The van der Waals surface area contributed by atoms with Crippen molar-refractivity contribution in [2.24, 2.45) is 7.05 Å². The van der Waals surface area contributed by atoms with E-state index in [9.17, 15) is 9.59 Å². The SMILES string of the molecule is Cc1c(NC(=O)CCCc2nnc(-c3ccccc3)o2)c(=O)n(-c2ccccc2)n1C. The maximum absolute atomic E-state index is 12.9. The van der Waals surface area contributed by atoms with Crippen LogP contribution in [0.3, 0.4) is 0 Å². The van der Waals surface area contributed by atoms with Crippen molar-refractivity contribution < 1.29 is 9.21 Å². The van der Waals surface area contributed by atoms with Crippen LogP contribution in [0.15, 0.2) is 69.9 Å². The molecule has 8 nitrogen and oxygen atoms in total. The Bertz CT molecular complexity index is 1240. The van der Waals surface area contributed by atoms with E-state index in [1.165, 1.54) is 4.68 Å². The summed E-state index contributed by atoms with van der Waals surface area (Å²) < 4.78 is 8.93. The molecule has 0 unspecified atom stereocenters. The number of hydrogen-bond donors (Lipinski definition) is 1. The highest BCUT2D eigenvalue weighted by atomic mass is 16.4. The fraction of sp³-hybridized carbons (Fsp3) is 0.217. The second-order valence-electron chi connectivity index (χ2n) is 7.21. The first-order valence-corrected chi connectivity index (χ1v) is 10.1. The summed E-state index contributed by atoms with van der Waals surface area (Å²) in [5.41, 5.74) is 2.31. The second kappa shape index (κ2) is 8.83. The maximum atomic E-state index is 12.9. The molecule has 0 aliphatic rings. The number of carbonyl (C=O) groups excluding carboxylic acids is 1. The number of aromatic nitrogens is 4. The standard InChI is InChI=1S/C23H23N5O3/c1-16-21(23(30)28(27(16)2)18-12-7-4-8-13-18)24-19(29)14-9-15-20-25-26-22(31-20)17-10-5-3-6-11-17/h3-8,10-13H,9,14-15H2,1-2H3,(H,24,29). The third-order valence-electron chi connectivity index (χ3n) is 5.10. The molecule has 0 atom stereocenters. The highest BCUT2D eigenvalue weighted by Crippen LogP contribution is 2.18. The zero-order chi connectivity index (χ0) is 21.8. The van der Waals surface area contributed by atoms with Gasteiger partial charge in [-0.25, -0.2) is 4.68 Å². The minimum atomic E-state index is -0.260. The molecule has 4 rings (SSSR count). The summed E-state index contributed by atoms with van der Waals surface area (Å²) in [7, 11) is 1.79. The van der Waals surface area contributed by atoms with Gasteiger partial charge in [-0.3, -0.25) is 14.3 Å². The fourth-order valence-corrected chi connectivity index (χ4v) is 3.37. The van der Waals surface area contributed by atoms with Crippen LogP contribution in [0.4, 0.5) is 5.69 Å². The van der Waals surface area contributed by atoms with Crippen LogP contribution in [0, 0.1) is 6.92 Å². The molecule has 2 heterocycles. The lowest BCUT2D eigenvalue weighted by atomic mass is 10.2. The van der Waals surface area contributed by atoms with Gasteiger partial charge in [-0.05, 0) is 37.6 Å². The summed E-state index contributed by atoms with van der Waals surface area (Å²) in [6.07, 6.45) is 1.25. The molecule has 0 bridgehead atoms. The number of carbonyl (C=O) groups is 1. The van der Waals surface area contributed by atoms with Crippen LogP contribution in [0.2, 0.25) is 0 Å². The Balaban J connectivity index is 1.38. The Kier molecular flexibility index (Phi) is 5.79. The maximum Gasteiger partial charge on any atom is 0.295 e. The van der Waals surface area contributed by atoms with Gasteiger partial charge in [0, 0.05) is 25.5 Å². The first kappa shape index (κ1) is 20.3. The number of nitrogens with zero attached hydrogens (tertiary/aromatic N) is 4. The summed E-state index contributed by atoms with van der Waals surface area (Å²) in [4.78, 5) is 25.3. The third-order valence-corrected chi connectivity index (χ3v) is 5.10. The van der Waals surface area contributed by atoms with E-state index in [2.05, 4.69) is 15.5 Å². The third kappa shape index (κ3) is 4.32. The van der Waals surface area contributed by atoms with E-state index in [1.807, 2.05) is 60.7 Å². The first-order chi connectivity index (χ1) is 15.0. The molecular formula is C23H23N5O3. The molecule has 0 aliphatic carbocycles. The van der Waals surface area contributed by atoms with E-state index in [0.29, 0.717) is 36.0 Å². The Morgan fingerprint density at radius 1 is 1.03 bits per heavy atom. The van der Waals surface area contributed by atoms with Crippen LogP contribution in [-0.2, 0) is 18.3 Å². The number of nitrogens with one attached hydrogen (secondary N) is 1. The van der Waals surface area contributed by atoms with Gasteiger partial charge in [0.05, 0.1) is 11.4 Å². The van der Waals surface area contributed by atoms with Gasteiger partial charge in [0.1, 0.15) is 5.69 Å². The molecule has 2 aromatic heterocycles. The Hall–Kier alpha value is -3.94. The van der Waals surface area contributed by atoms with Crippen molar-refractivity contribution in [3.05, 3.63) is 82.6 Å². The topological polar surface area (TPSA) is 95.0 Å². The molecule has 0 aliphatic heterocycles. The molecular weight excluding hydrogens is 394 g/mol. The summed E-state index contributed by atoms with van der Waals surface area (Å²) in [5, 5.41) is 10.9. The summed E-state index contributed by atoms with van der Waals surface area (Å²) in [6, 6.07) is 18.8. The molecule has 1 N–H and O–H groups in total. The lowest BCUT2D eigenvalue weighted by molar-refractivity contribution is -0.116. The zero-order valence-corrected chi connectivity index (χ0v) is 17.4. The first-order valence-electron chi connectivity index (χ1n) is 10.1. The number of amides is 1. The van der Waals surface area contributed by atoms with E-state index in [1.54, 1.807) is 18.7 Å². The lowest BCUT2D eigenvalue weighted by Crippen LogP contribution is -2.22. The fourth-order valence-electron chi connectivity index (χ4n) is 3.37. The Morgan fingerprint density at radius 2 is 1.71 bits per heavy atom. The average molecular weight is 417 g/mol. The van der Waals surface area contributed by atoms with Crippen molar-refractivity contribution in [3.63, 3.8) is 0 Å². The highest BCUT2D eigenvalue weighted by Gasteiger charge is 2.18. The van der Waals surface area contributed by atoms with E-state index in [0.717, 1.165) is 11.3 Å². The van der Waals surface area contributed by atoms with Crippen LogP contribution in [0.1, 0.15) is 24.4 Å². The van der Waals surface area contributed by atoms with Crippen LogP contribution < -0.4 is 10.9 Å². The van der Waals surface area contributed by atoms with E-state index >= 15 is 0 Å². The number of aryl methyl sites for hydroxylation is 1. The monoisotopic (exact) mass is 417 g/mol. The van der Waals surface area contributed by atoms with Crippen LogP contribution in [0.25, 0.3) is 17.1 Å². The van der Waals surface area contributed by atoms with E-state index in [4.69, 9.17) is 4.42 Å². The van der Waals surface area contributed by atoms with Crippen molar-refractivity contribution in [3.8, 4) is 17.1 Å². The molecule has 1 amide bonds. The van der Waals surface area contributed by atoms with Gasteiger partial charge >= 0.3 is 0 Å². The van der Waals surface area contributed by atoms with Gasteiger partial charge in [0.15, 0.2) is 0 Å². The minimum absolute atomic E-state index is 0.228. The Morgan fingerprint density at radius 3 is 2.42 bits per heavy atom. The van der Waals surface area contributed by atoms with Crippen molar-refractivity contribution in [2.45, 2.75) is 26.2 Å². The van der Waals surface area contributed by atoms with Crippen molar-refractivity contribution in [1.29, 1.82) is 0 Å². The number of anilines is 1. The summed E-state index contributed by atoms with van der Waals surface area (Å²) >= 11 is 0. The molecule has 158 valence electrons. The molecule has 8 heteroatoms. The van der Waals surface area contributed by atoms with Crippen LogP contribution in [0.5, 0.6) is 0 Å².